The number of likely N-dealkylation sites (N-methyl/N-ethyl adjacent to an activating group) is 1. The van der Waals surface area contributed by atoms with E-state index in [-0.39, 0.29) is 12.1 Å². The summed E-state index contributed by atoms with van der Waals surface area (Å²) in [5, 5.41) is 6.72. The van der Waals surface area contributed by atoms with Crippen LogP contribution in [-0.2, 0) is 4.74 Å². The molecule has 1 fully saturated rings. The average molecular weight is 169 g/mol. The lowest BCUT2D eigenvalue weighted by molar-refractivity contribution is -0.0286. The Morgan fingerprint density at radius 1 is 1.75 bits per heavy atom. The molecule has 4 nitrogen and oxygen atoms in total. The largest absolute Gasteiger partial charge is 0.373 e. The number of rotatable bonds is 2. The molecule has 2 unspecified atom stereocenters. The van der Waals surface area contributed by atoms with Gasteiger partial charge in [-0.1, -0.05) is 0 Å². The van der Waals surface area contributed by atoms with Gasteiger partial charge >= 0.3 is 0 Å². The van der Waals surface area contributed by atoms with Gasteiger partial charge in [0.05, 0.1) is 24.8 Å². The van der Waals surface area contributed by atoms with Gasteiger partial charge in [-0.3, -0.25) is 0 Å². The molecule has 0 bridgehead atoms. The van der Waals surface area contributed by atoms with Crippen LogP contribution in [0.15, 0.2) is 4.99 Å². The Morgan fingerprint density at radius 2 is 2.50 bits per heavy atom. The van der Waals surface area contributed by atoms with Crippen molar-refractivity contribution in [2.75, 3.05) is 26.7 Å². The highest BCUT2D eigenvalue weighted by Crippen LogP contribution is 2.09. The molecule has 1 rings (SSSR count). The standard InChI is InChI=1S/C8H15N3O/c1-7(10-6-9)8-5-11(2)3-4-12-8/h7-9H,3-5H2,1-2H3. The molecule has 1 aliphatic rings. The summed E-state index contributed by atoms with van der Waals surface area (Å²) in [6, 6.07) is 2.10. The third-order valence-corrected chi connectivity index (χ3v) is 2.10. The minimum absolute atomic E-state index is 0.0465. The number of aliphatic imine (C=N–C) groups is 1. The Bertz CT molecular complexity index is 189. The summed E-state index contributed by atoms with van der Waals surface area (Å²) in [5.74, 6) is 0. The Balaban J connectivity index is 2.44. The van der Waals surface area contributed by atoms with Crippen molar-refractivity contribution in [3.63, 3.8) is 0 Å². The van der Waals surface area contributed by atoms with Crippen LogP contribution in [0.25, 0.3) is 0 Å². The first-order valence-corrected chi connectivity index (χ1v) is 4.15. The molecular formula is C8H15N3O. The van der Waals surface area contributed by atoms with E-state index in [1.54, 1.807) is 0 Å². The molecule has 12 heavy (non-hydrogen) atoms. The molecule has 0 amide bonds. The third-order valence-electron chi connectivity index (χ3n) is 2.10. The lowest BCUT2D eigenvalue weighted by Crippen LogP contribution is -2.44. The number of hydrogen-bond acceptors (Lipinski definition) is 4. The van der Waals surface area contributed by atoms with Crippen LogP contribution in [0.5, 0.6) is 0 Å². The minimum Gasteiger partial charge on any atom is -0.373 e. The fraction of sp³-hybridized carbons (Fsp3) is 0.875. The first-order valence-electron chi connectivity index (χ1n) is 4.15. The molecule has 4 heteroatoms. The molecule has 0 aliphatic carbocycles. The topological polar surface area (TPSA) is 48.7 Å². The van der Waals surface area contributed by atoms with E-state index in [0.29, 0.717) is 0 Å². The zero-order valence-corrected chi connectivity index (χ0v) is 7.58. The fourth-order valence-corrected chi connectivity index (χ4v) is 1.29. The third kappa shape index (κ3) is 2.41. The monoisotopic (exact) mass is 169 g/mol. The zero-order chi connectivity index (χ0) is 8.97. The van der Waals surface area contributed by atoms with E-state index >= 15 is 0 Å². The van der Waals surface area contributed by atoms with E-state index in [0.717, 1.165) is 19.7 Å². The summed E-state index contributed by atoms with van der Waals surface area (Å²) >= 11 is 0. The maximum atomic E-state index is 6.72. The summed E-state index contributed by atoms with van der Waals surface area (Å²) in [6.45, 7) is 4.59. The molecule has 0 radical (unpaired) electrons. The van der Waals surface area contributed by atoms with Gasteiger partial charge in [0.15, 0.2) is 0 Å². The summed E-state index contributed by atoms with van der Waals surface area (Å²) in [7, 11) is 2.07. The smallest absolute Gasteiger partial charge is 0.0931 e. The van der Waals surface area contributed by atoms with Crippen molar-refractivity contribution >= 4 is 6.01 Å². The van der Waals surface area contributed by atoms with Crippen LogP contribution in [0, 0.1) is 5.41 Å². The number of hydrogen-bond donors (Lipinski definition) is 1. The van der Waals surface area contributed by atoms with Gasteiger partial charge in [0.25, 0.3) is 0 Å². The molecule has 0 aromatic rings. The highest BCUT2D eigenvalue weighted by Gasteiger charge is 2.22. The molecule has 0 spiro atoms. The van der Waals surface area contributed by atoms with E-state index in [1.165, 1.54) is 0 Å². The number of ether oxygens (including phenoxy) is 1. The van der Waals surface area contributed by atoms with Crippen molar-refractivity contribution in [2.45, 2.75) is 19.1 Å². The number of nitrogens with one attached hydrogen (secondary N) is 1. The van der Waals surface area contributed by atoms with Gasteiger partial charge in [-0.2, -0.15) is 0 Å². The van der Waals surface area contributed by atoms with E-state index < -0.39 is 0 Å². The Kier molecular flexibility index (Phi) is 3.41. The van der Waals surface area contributed by atoms with Crippen LogP contribution in [0.2, 0.25) is 0 Å². The van der Waals surface area contributed by atoms with Crippen molar-refractivity contribution in [1.82, 2.24) is 4.90 Å². The Morgan fingerprint density at radius 3 is 3.08 bits per heavy atom. The van der Waals surface area contributed by atoms with Gasteiger partial charge in [-0.15, -0.1) is 0 Å². The molecule has 0 saturated carbocycles. The molecular weight excluding hydrogens is 154 g/mol. The molecule has 1 aliphatic heterocycles. The van der Waals surface area contributed by atoms with Crippen LogP contribution in [0.1, 0.15) is 6.92 Å². The van der Waals surface area contributed by atoms with Gasteiger partial charge in [0.1, 0.15) is 0 Å². The second-order valence-corrected chi connectivity index (χ2v) is 3.15. The zero-order valence-electron chi connectivity index (χ0n) is 7.58. The summed E-state index contributed by atoms with van der Waals surface area (Å²) in [6.07, 6.45) is 0.126. The molecule has 0 aromatic carbocycles. The van der Waals surface area contributed by atoms with Crippen molar-refractivity contribution in [2.24, 2.45) is 4.99 Å². The Labute approximate surface area is 72.7 Å². The minimum atomic E-state index is 0.0465. The first kappa shape index (κ1) is 9.39. The average Bonchev–Trinajstić information content (AvgIpc) is 2.05. The van der Waals surface area contributed by atoms with E-state index in [9.17, 15) is 0 Å². The van der Waals surface area contributed by atoms with Gasteiger partial charge in [-0.25, -0.2) is 10.4 Å². The molecule has 2 atom stereocenters. The van der Waals surface area contributed by atoms with Crippen LogP contribution in [0.3, 0.4) is 0 Å². The Hall–Kier alpha value is -0.700. The summed E-state index contributed by atoms with van der Waals surface area (Å²) in [5.41, 5.74) is 0. The summed E-state index contributed by atoms with van der Waals surface area (Å²) < 4.78 is 5.50. The lowest BCUT2D eigenvalue weighted by atomic mass is 10.1. The van der Waals surface area contributed by atoms with Crippen molar-refractivity contribution in [3.05, 3.63) is 0 Å². The highest BCUT2D eigenvalue weighted by molar-refractivity contribution is 5.36. The lowest BCUT2D eigenvalue weighted by Gasteiger charge is -2.31. The van der Waals surface area contributed by atoms with Crippen LogP contribution >= 0.6 is 0 Å². The molecule has 1 N–H and O–H groups in total. The molecule has 0 aromatic heterocycles. The van der Waals surface area contributed by atoms with E-state index in [2.05, 4.69) is 22.9 Å². The second kappa shape index (κ2) is 4.36. The van der Waals surface area contributed by atoms with Crippen LogP contribution in [-0.4, -0.2) is 49.8 Å². The van der Waals surface area contributed by atoms with Crippen molar-refractivity contribution in [3.8, 4) is 0 Å². The maximum absolute atomic E-state index is 6.72. The van der Waals surface area contributed by atoms with E-state index in [4.69, 9.17) is 10.1 Å². The maximum Gasteiger partial charge on any atom is 0.0931 e. The van der Waals surface area contributed by atoms with Crippen LogP contribution < -0.4 is 0 Å². The predicted octanol–water partition coefficient (Wildman–Crippen LogP) is 0.458. The van der Waals surface area contributed by atoms with Gasteiger partial charge < -0.3 is 9.64 Å². The number of morpholine rings is 1. The van der Waals surface area contributed by atoms with Gasteiger partial charge in [-0.05, 0) is 14.0 Å². The van der Waals surface area contributed by atoms with Crippen molar-refractivity contribution < 1.29 is 4.74 Å². The number of nitrogens with zero attached hydrogens (tertiary/aromatic N) is 2. The molecule has 68 valence electrons. The fourth-order valence-electron chi connectivity index (χ4n) is 1.29. The first-order chi connectivity index (χ1) is 5.74. The van der Waals surface area contributed by atoms with Crippen LogP contribution in [0.4, 0.5) is 0 Å². The van der Waals surface area contributed by atoms with Gasteiger partial charge in [0.2, 0.25) is 0 Å². The molecule has 1 saturated heterocycles. The molecule has 1 heterocycles. The van der Waals surface area contributed by atoms with E-state index in [1.807, 2.05) is 6.92 Å². The summed E-state index contributed by atoms with van der Waals surface area (Å²) in [4.78, 5) is 6.06. The van der Waals surface area contributed by atoms with Crippen molar-refractivity contribution in [1.29, 1.82) is 5.41 Å². The SMILES string of the molecule is CC(N=C=N)C1CN(C)CCO1. The highest BCUT2D eigenvalue weighted by atomic mass is 16.5. The van der Waals surface area contributed by atoms with Gasteiger partial charge in [0, 0.05) is 13.1 Å². The second-order valence-electron chi connectivity index (χ2n) is 3.15. The normalized spacial score (nSPS) is 27.7. The predicted molar refractivity (Wildman–Crippen MR) is 46.9 cm³/mol. The quantitative estimate of drug-likeness (QED) is 0.610.